The van der Waals surface area contributed by atoms with Crippen molar-refractivity contribution in [3.8, 4) is 0 Å². The summed E-state index contributed by atoms with van der Waals surface area (Å²) in [6.45, 7) is 0.347. The van der Waals surface area contributed by atoms with Gasteiger partial charge in [-0.3, -0.25) is 0 Å². The molecule has 1 aliphatic rings. The summed E-state index contributed by atoms with van der Waals surface area (Å²) in [7, 11) is -3.07. The van der Waals surface area contributed by atoms with Crippen molar-refractivity contribution in [3.63, 3.8) is 0 Å². The van der Waals surface area contributed by atoms with Crippen molar-refractivity contribution in [2.45, 2.75) is 11.2 Å². The summed E-state index contributed by atoms with van der Waals surface area (Å²) in [5.41, 5.74) is 6.39. The zero-order chi connectivity index (χ0) is 11.9. The van der Waals surface area contributed by atoms with Crippen LogP contribution in [0.25, 0.3) is 0 Å². The summed E-state index contributed by atoms with van der Waals surface area (Å²) in [4.78, 5) is 0. The molecule has 1 fully saturated rings. The average Bonchev–Trinajstić information content (AvgIpc) is 2.92. The molecule has 0 radical (unpaired) electrons. The summed E-state index contributed by atoms with van der Waals surface area (Å²) in [5, 5.41) is -0.400. The minimum atomic E-state index is -3.07. The Balaban J connectivity index is 2.27. The van der Waals surface area contributed by atoms with Crippen LogP contribution < -0.4 is 5.73 Å². The van der Waals surface area contributed by atoms with Crippen LogP contribution in [0, 0.1) is 11.7 Å². The Bertz CT molecular complexity index is 483. The molecule has 2 N–H and O–H groups in total. The predicted octanol–water partition coefficient (Wildman–Crippen LogP) is 0.911. The van der Waals surface area contributed by atoms with Crippen molar-refractivity contribution in [2.75, 3.05) is 12.8 Å². The van der Waals surface area contributed by atoms with Crippen LogP contribution in [0.4, 0.5) is 4.39 Å². The van der Waals surface area contributed by atoms with Crippen molar-refractivity contribution in [3.05, 3.63) is 35.6 Å². The van der Waals surface area contributed by atoms with Gasteiger partial charge in [-0.05, 0) is 30.2 Å². The Kier molecular flexibility index (Phi) is 2.75. The van der Waals surface area contributed by atoms with Crippen LogP contribution in [0.2, 0.25) is 0 Å². The first-order valence-corrected chi connectivity index (χ1v) is 7.05. The minimum absolute atomic E-state index is 0.0274. The summed E-state index contributed by atoms with van der Waals surface area (Å²) in [6.07, 6.45) is 1.23. The van der Waals surface area contributed by atoms with Crippen LogP contribution in [-0.4, -0.2) is 26.5 Å². The van der Waals surface area contributed by atoms with Gasteiger partial charge >= 0.3 is 0 Å². The third-order valence-electron chi connectivity index (χ3n) is 3.12. The first-order chi connectivity index (χ1) is 7.45. The van der Waals surface area contributed by atoms with Gasteiger partial charge in [0.1, 0.15) is 5.82 Å². The molecule has 1 aromatic carbocycles. The molecule has 16 heavy (non-hydrogen) atoms. The predicted molar refractivity (Wildman–Crippen MR) is 60.3 cm³/mol. The van der Waals surface area contributed by atoms with Crippen LogP contribution in [0.3, 0.4) is 0 Å². The van der Waals surface area contributed by atoms with Crippen molar-refractivity contribution < 1.29 is 12.8 Å². The molecule has 2 rings (SSSR count). The lowest BCUT2D eigenvalue weighted by Gasteiger charge is -1.98. The Morgan fingerprint density at radius 2 is 1.88 bits per heavy atom. The molecule has 0 unspecified atom stereocenters. The summed E-state index contributed by atoms with van der Waals surface area (Å²) in [5.74, 6) is -0.411. The summed E-state index contributed by atoms with van der Waals surface area (Å²) < 4.78 is 35.7. The highest BCUT2D eigenvalue weighted by Gasteiger charge is 2.55. The number of hydrogen-bond donors (Lipinski definition) is 1. The van der Waals surface area contributed by atoms with Gasteiger partial charge in [0.15, 0.2) is 9.84 Å². The number of sulfone groups is 1. The van der Waals surface area contributed by atoms with E-state index in [0.29, 0.717) is 6.54 Å². The average molecular weight is 243 g/mol. The zero-order valence-electron chi connectivity index (χ0n) is 8.93. The summed E-state index contributed by atoms with van der Waals surface area (Å²) in [6, 6.07) is 5.96. The number of hydrogen-bond acceptors (Lipinski definition) is 3. The van der Waals surface area contributed by atoms with E-state index in [9.17, 15) is 12.8 Å². The fourth-order valence-corrected chi connectivity index (χ4v) is 4.05. The number of halogens is 1. The first-order valence-electron chi connectivity index (χ1n) is 5.09. The van der Waals surface area contributed by atoms with Crippen LogP contribution in [0.5, 0.6) is 0 Å². The SMILES string of the molecule is CS(=O)(=O)[C@@H]1[C@@H](CN)[C@H]1c1ccc(F)cc1. The first kappa shape index (κ1) is 11.5. The molecule has 88 valence electrons. The van der Waals surface area contributed by atoms with Crippen molar-refractivity contribution >= 4 is 9.84 Å². The molecule has 0 saturated heterocycles. The molecule has 0 aromatic heterocycles. The molecule has 3 nitrogen and oxygen atoms in total. The Labute approximate surface area is 94.4 Å². The topological polar surface area (TPSA) is 60.2 Å². The molecule has 0 amide bonds. The largest absolute Gasteiger partial charge is 0.330 e. The molecule has 1 saturated carbocycles. The molecule has 0 heterocycles. The van der Waals surface area contributed by atoms with E-state index >= 15 is 0 Å². The van der Waals surface area contributed by atoms with Gasteiger partial charge in [-0.25, -0.2) is 12.8 Å². The molecule has 0 spiro atoms. The van der Waals surface area contributed by atoms with E-state index in [4.69, 9.17) is 5.73 Å². The van der Waals surface area contributed by atoms with Gasteiger partial charge in [0.2, 0.25) is 0 Å². The van der Waals surface area contributed by atoms with Gasteiger partial charge in [-0.1, -0.05) is 12.1 Å². The molecule has 0 aliphatic heterocycles. The molecular formula is C11H14FNO2S. The Morgan fingerprint density at radius 3 is 2.25 bits per heavy atom. The lowest BCUT2D eigenvalue weighted by molar-refractivity contribution is 0.597. The van der Waals surface area contributed by atoms with E-state index in [0.717, 1.165) is 5.56 Å². The minimum Gasteiger partial charge on any atom is -0.330 e. The van der Waals surface area contributed by atoms with E-state index in [2.05, 4.69) is 0 Å². The normalized spacial score (nSPS) is 29.1. The second-order valence-corrected chi connectivity index (χ2v) is 6.47. The maximum absolute atomic E-state index is 12.7. The van der Waals surface area contributed by atoms with Gasteiger partial charge in [0, 0.05) is 12.2 Å². The highest BCUT2D eigenvalue weighted by molar-refractivity contribution is 7.91. The van der Waals surface area contributed by atoms with Gasteiger partial charge < -0.3 is 5.73 Å². The highest BCUT2D eigenvalue weighted by Crippen LogP contribution is 2.51. The molecule has 3 atom stereocenters. The van der Waals surface area contributed by atoms with Gasteiger partial charge in [-0.2, -0.15) is 0 Å². The van der Waals surface area contributed by atoms with E-state index in [1.165, 1.54) is 18.4 Å². The van der Waals surface area contributed by atoms with E-state index in [1.54, 1.807) is 12.1 Å². The van der Waals surface area contributed by atoms with E-state index in [-0.39, 0.29) is 17.7 Å². The Hall–Kier alpha value is -0.940. The molecule has 1 aromatic rings. The zero-order valence-corrected chi connectivity index (χ0v) is 9.75. The monoisotopic (exact) mass is 243 g/mol. The Morgan fingerprint density at radius 1 is 1.31 bits per heavy atom. The number of benzene rings is 1. The van der Waals surface area contributed by atoms with Gasteiger partial charge in [0.05, 0.1) is 5.25 Å². The van der Waals surface area contributed by atoms with E-state index < -0.39 is 15.1 Å². The highest BCUT2D eigenvalue weighted by atomic mass is 32.2. The van der Waals surface area contributed by atoms with Gasteiger partial charge in [0.25, 0.3) is 0 Å². The van der Waals surface area contributed by atoms with Gasteiger partial charge in [-0.15, -0.1) is 0 Å². The number of rotatable bonds is 3. The van der Waals surface area contributed by atoms with Crippen LogP contribution >= 0.6 is 0 Å². The second-order valence-electron chi connectivity index (χ2n) is 4.27. The smallest absolute Gasteiger partial charge is 0.151 e. The van der Waals surface area contributed by atoms with Crippen LogP contribution in [0.15, 0.2) is 24.3 Å². The van der Waals surface area contributed by atoms with Crippen LogP contribution in [0.1, 0.15) is 11.5 Å². The molecule has 0 bridgehead atoms. The fraction of sp³-hybridized carbons (Fsp3) is 0.455. The molecule has 1 aliphatic carbocycles. The van der Waals surface area contributed by atoms with Crippen LogP contribution in [-0.2, 0) is 9.84 Å². The third kappa shape index (κ3) is 1.97. The maximum atomic E-state index is 12.7. The lowest BCUT2D eigenvalue weighted by Crippen LogP contribution is -2.11. The number of nitrogens with two attached hydrogens (primary N) is 1. The molecular weight excluding hydrogens is 229 g/mol. The summed E-state index contributed by atoms with van der Waals surface area (Å²) >= 11 is 0. The fourth-order valence-electron chi connectivity index (χ4n) is 2.33. The molecule has 5 heteroatoms. The quantitative estimate of drug-likeness (QED) is 0.858. The van der Waals surface area contributed by atoms with Crippen molar-refractivity contribution in [2.24, 2.45) is 11.7 Å². The van der Waals surface area contributed by atoms with E-state index in [1.807, 2.05) is 0 Å². The third-order valence-corrected chi connectivity index (χ3v) is 4.75. The maximum Gasteiger partial charge on any atom is 0.151 e. The van der Waals surface area contributed by atoms with Crippen molar-refractivity contribution in [1.82, 2.24) is 0 Å². The standard InChI is InChI=1S/C11H14FNO2S/c1-16(14,15)11-9(6-13)10(11)7-2-4-8(12)5-3-7/h2-5,9-11H,6,13H2,1H3/t9-,10+,11+/m0/s1. The van der Waals surface area contributed by atoms with Crippen molar-refractivity contribution in [1.29, 1.82) is 0 Å². The lowest BCUT2D eigenvalue weighted by atomic mass is 10.1. The second kappa shape index (κ2) is 3.82.